The second-order valence-electron chi connectivity index (χ2n) is 6.97. The second-order valence-corrected chi connectivity index (χ2v) is 6.97. The van der Waals surface area contributed by atoms with Gasteiger partial charge in [0.15, 0.2) is 0 Å². The molecule has 3 heteroatoms. The first-order valence-corrected chi connectivity index (χ1v) is 7.32. The molecule has 1 aromatic carbocycles. The van der Waals surface area contributed by atoms with Crippen LogP contribution in [0.3, 0.4) is 0 Å². The van der Waals surface area contributed by atoms with Crippen molar-refractivity contribution in [2.75, 3.05) is 6.61 Å². The lowest BCUT2D eigenvalue weighted by atomic mass is 9.85. The Morgan fingerprint density at radius 1 is 1.30 bits per heavy atom. The first-order chi connectivity index (χ1) is 9.29. The highest BCUT2D eigenvalue weighted by Gasteiger charge is 2.51. The third-order valence-electron chi connectivity index (χ3n) is 4.14. The van der Waals surface area contributed by atoms with Crippen LogP contribution in [0.25, 0.3) is 0 Å². The fraction of sp³-hybridized carbons (Fsp3) is 0.588. The van der Waals surface area contributed by atoms with E-state index < -0.39 is 0 Å². The maximum absolute atomic E-state index is 12.4. The quantitative estimate of drug-likeness (QED) is 0.887. The Labute approximate surface area is 121 Å². The van der Waals surface area contributed by atoms with E-state index in [4.69, 9.17) is 5.11 Å². The number of rotatable bonds is 4. The number of amides is 1. The van der Waals surface area contributed by atoms with Crippen LogP contribution in [0.1, 0.15) is 51.7 Å². The average Bonchev–Trinajstić information content (AvgIpc) is 3.19. The minimum absolute atomic E-state index is 0.0230. The predicted octanol–water partition coefficient (Wildman–Crippen LogP) is 2.51. The van der Waals surface area contributed by atoms with Gasteiger partial charge >= 0.3 is 0 Å². The molecule has 1 saturated carbocycles. The summed E-state index contributed by atoms with van der Waals surface area (Å²) in [7, 11) is 0. The van der Waals surface area contributed by atoms with Crippen LogP contribution in [0.2, 0.25) is 0 Å². The molecule has 1 aliphatic rings. The Balaban J connectivity index is 2.17. The van der Waals surface area contributed by atoms with Crippen molar-refractivity contribution in [1.29, 1.82) is 0 Å². The largest absolute Gasteiger partial charge is 0.394 e. The number of benzene rings is 1. The van der Waals surface area contributed by atoms with Crippen LogP contribution in [0.4, 0.5) is 0 Å². The molecule has 0 aromatic heterocycles. The molecule has 1 aromatic rings. The van der Waals surface area contributed by atoms with Crippen molar-refractivity contribution in [3.8, 4) is 0 Å². The maximum atomic E-state index is 12.4. The average molecular weight is 275 g/mol. The Morgan fingerprint density at radius 3 is 2.25 bits per heavy atom. The van der Waals surface area contributed by atoms with E-state index in [1.54, 1.807) is 0 Å². The molecule has 20 heavy (non-hydrogen) atoms. The van der Waals surface area contributed by atoms with Crippen molar-refractivity contribution in [3.63, 3.8) is 0 Å². The van der Waals surface area contributed by atoms with Crippen molar-refractivity contribution in [1.82, 2.24) is 5.32 Å². The van der Waals surface area contributed by atoms with Crippen molar-refractivity contribution in [3.05, 3.63) is 35.4 Å². The molecular weight excluding hydrogens is 250 g/mol. The summed E-state index contributed by atoms with van der Waals surface area (Å²) in [5.74, 6) is 0.0440. The summed E-state index contributed by atoms with van der Waals surface area (Å²) in [5, 5.41) is 11.9. The number of carbonyl (C=O) groups is 1. The second kappa shape index (κ2) is 5.21. The van der Waals surface area contributed by atoms with Gasteiger partial charge in [-0.3, -0.25) is 4.79 Å². The molecular formula is C17H25NO2. The Kier molecular flexibility index (Phi) is 3.92. The molecule has 1 aliphatic carbocycles. The molecule has 1 fully saturated rings. The van der Waals surface area contributed by atoms with Gasteiger partial charge in [-0.05, 0) is 36.3 Å². The summed E-state index contributed by atoms with van der Waals surface area (Å²) in [6.45, 7) is 8.35. The highest BCUT2D eigenvalue weighted by Crippen LogP contribution is 2.48. The zero-order valence-electron chi connectivity index (χ0n) is 12.9. The Hall–Kier alpha value is -1.35. The lowest BCUT2D eigenvalue weighted by Crippen LogP contribution is -2.41. The number of aliphatic hydroxyl groups excluding tert-OH is 1. The van der Waals surface area contributed by atoms with E-state index in [1.165, 1.54) is 5.56 Å². The van der Waals surface area contributed by atoms with Gasteiger partial charge in [-0.1, -0.05) is 45.0 Å². The van der Waals surface area contributed by atoms with Crippen LogP contribution in [0.5, 0.6) is 0 Å². The van der Waals surface area contributed by atoms with E-state index >= 15 is 0 Å². The summed E-state index contributed by atoms with van der Waals surface area (Å²) in [6.07, 6.45) is 1.79. The first kappa shape index (κ1) is 15.0. The summed E-state index contributed by atoms with van der Waals surface area (Å²) in [6, 6.07) is 8.22. The van der Waals surface area contributed by atoms with Crippen molar-refractivity contribution in [2.45, 2.75) is 57.4 Å². The summed E-state index contributed by atoms with van der Waals surface area (Å²) >= 11 is 0. The lowest BCUT2D eigenvalue weighted by molar-refractivity contribution is -0.124. The molecule has 3 nitrogen and oxygen atoms in total. The molecule has 2 rings (SSSR count). The van der Waals surface area contributed by atoms with Crippen molar-refractivity contribution >= 4 is 5.91 Å². The Bertz CT molecular complexity index is 481. The van der Waals surface area contributed by atoms with Crippen LogP contribution >= 0.6 is 0 Å². The van der Waals surface area contributed by atoms with Gasteiger partial charge in [-0.25, -0.2) is 0 Å². The fourth-order valence-electron chi connectivity index (χ4n) is 2.47. The van der Waals surface area contributed by atoms with Crippen LogP contribution in [-0.2, 0) is 15.6 Å². The van der Waals surface area contributed by atoms with Crippen molar-refractivity contribution in [2.24, 2.45) is 0 Å². The topological polar surface area (TPSA) is 49.3 Å². The normalized spacial score (nSPS) is 18.4. The van der Waals surface area contributed by atoms with Gasteiger partial charge in [-0.15, -0.1) is 0 Å². The van der Waals surface area contributed by atoms with Gasteiger partial charge in [0.25, 0.3) is 0 Å². The SMILES string of the molecule is CC(CO)NC(=O)C1(c2ccc(C(C)(C)C)cc2)CC1. The molecule has 0 aliphatic heterocycles. The molecule has 0 spiro atoms. The number of nitrogens with one attached hydrogen (secondary N) is 1. The van der Waals surface area contributed by atoms with E-state index in [2.05, 4.69) is 50.4 Å². The fourth-order valence-corrected chi connectivity index (χ4v) is 2.47. The summed E-state index contributed by atoms with van der Waals surface area (Å²) in [5.41, 5.74) is 2.14. The third kappa shape index (κ3) is 2.88. The minimum atomic E-state index is -0.361. The zero-order valence-corrected chi connectivity index (χ0v) is 12.9. The molecule has 2 N–H and O–H groups in total. The van der Waals surface area contributed by atoms with E-state index in [1.807, 2.05) is 6.92 Å². The Morgan fingerprint density at radius 2 is 1.85 bits per heavy atom. The van der Waals surface area contributed by atoms with Gasteiger partial charge in [0.1, 0.15) is 0 Å². The van der Waals surface area contributed by atoms with Crippen LogP contribution in [0.15, 0.2) is 24.3 Å². The zero-order chi connectivity index (χ0) is 15.0. The highest BCUT2D eigenvalue weighted by molar-refractivity contribution is 5.91. The molecule has 0 saturated heterocycles. The molecule has 110 valence electrons. The van der Waals surface area contributed by atoms with Gasteiger partial charge in [0, 0.05) is 6.04 Å². The van der Waals surface area contributed by atoms with Crippen molar-refractivity contribution < 1.29 is 9.90 Å². The molecule has 1 unspecified atom stereocenters. The monoisotopic (exact) mass is 275 g/mol. The van der Waals surface area contributed by atoms with E-state index in [0.717, 1.165) is 18.4 Å². The summed E-state index contributed by atoms with van der Waals surface area (Å²) in [4.78, 5) is 12.4. The maximum Gasteiger partial charge on any atom is 0.230 e. The number of carbonyl (C=O) groups excluding carboxylic acids is 1. The van der Waals surface area contributed by atoms with Crippen LogP contribution in [-0.4, -0.2) is 23.7 Å². The number of hydrogen-bond acceptors (Lipinski definition) is 2. The molecule has 1 amide bonds. The molecule has 0 bridgehead atoms. The number of hydrogen-bond donors (Lipinski definition) is 2. The van der Waals surface area contributed by atoms with Gasteiger partial charge in [0.2, 0.25) is 5.91 Å². The highest BCUT2D eigenvalue weighted by atomic mass is 16.3. The smallest absolute Gasteiger partial charge is 0.230 e. The van der Waals surface area contributed by atoms with E-state index in [9.17, 15) is 4.79 Å². The minimum Gasteiger partial charge on any atom is -0.394 e. The van der Waals surface area contributed by atoms with Gasteiger partial charge in [-0.2, -0.15) is 0 Å². The van der Waals surface area contributed by atoms with Gasteiger partial charge < -0.3 is 10.4 Å². The van der Waals surface area contributed by atoms with Crippen LogP contribution < -0.4 is 5.32 Å². The van der Waals surface area contributed by atoms with E-state index in [0.29, 0.717) is 0 Å². The summed E-state index contributed by atoms with van der Waals surface area (Å²) < 4.78 is 0. The van der Waals surface area contributed by atoms with Gasteiger partial charge in [0.05, 0.1) is 12.0 Å². The van der Waals surface area contributed by atoms with E-state index in [-0.39, 0.29) is 29.4 Å². The molecule has 1 atom stereocenters. The van der Waals surface area contributed by atoms with Crippen LogP contribution in [0, 0.1) is 0 Å². The third-order valence-corrected chi connectivity index (χ3v) is 4.14. The lowest BCUT2D eigenvalue weighted by Gasteiger charge is -2.22. The predicted molar refractivity (Wildman–Crippen MR) is 80.7 cm³/mol. The standard InChI is InChI=1S/C17H25NO2/c1-12(11-19)18-15(20)17(9-10-17)14-7-5-13(6-8-14)16(2,3)4/h5-8,12,19H,9-11H2,1-4H3,(H,18,20). The number of aliphatic hydroxyl groups is 1. The molecule has 0 radical (unpaired) electrons. The molecule has 0 heterocycles. The first-order valence-electron chi connectivity index (χ1n) is 7.32.